The third-order valence-electron chi connectivity index (χ3n) is 4.06. The van der Waals surface area contributed by atoms with E-state index < -0.39 is 23.6 Å². The number of hydroxylamine groups is 2. The number of benzene rings is 2. The van der Waals surface area contributed by atoms with Crippen molar-refractivity contribution >= 4 is 17.8 Å². The monoisotopic (exact) mass is 362 g/mol. The van der Waals surface area contributed by atoms with Crippen LogP contribution in [0.3, 0.4) is 0 Å². The summed E-state index contributed by atoms with van der Waals surface area (Å²) in [6, 6.07) is 13.4. The molecular formula is C20H11FN2O4. The van der Waals surface area contributed by atoms with Gasteiger partial charge in [0.25, 0.3) is 11.8 Å². The molecule has 6 nitrogen and oxygen atoms in total. The molecule has 0 saturated carbocycles. The number of hydrogen-bond donors (Lipinski definition) is 0. The minimum Gasteiger partial charge on any atom is -0.324 e. The van der Waals surface area contributed by atoms with Crippen molar-refractivity contribution in [2.24, 2.45) is 0 Å². The first kappa shape index (κ1) is 16.6. The summed E-state index contributed by atoms with van der Waals surface area (Å²) in [6.07, 6.45) is 2.71. The van der Waals surface area contributed by atoms with Gasteiger partial charge in [-0.1, -0.05) is 29.3 Å². The van der Waals surface area contributed by atoms with E-state index in [-0.39, 0.29) is 16.7 Å². The molecule has 0 saturated heterocycles. The Kier molecular flexibility index (Phi) is 3.97. The lowest BCUT2D eigenvalue weighted by molar-refractivity contribution is -0.0584. The number of fused-ring (bicyclic) bond motifs is 1. The van der Waals surface area contributed by atoms with Gasteiger partial charge in [0.2, 0.25) is 0 Å². The van der Waals surface area contributed by atoms with E-state index in [0.717, 1.165) is 0 Å². The maximum atomic E-state index is 13.4. The number of halogens is 1. The lowest BCUT2D eigenvalue weighted by atomic mass is 10.1. The molecule has 7 heteroatoms. The van der Waals surface area contributed by atoms with Crippen molar-refractivity contribution < 1.29 is 23.6 Å². The summed E-state index contributed by atoms with van der Waals surface area (Å²) in [5, 5.41) is 0.432. The smallest absolute Gasteiger partial charge is 0.324 e. The topological polar surface area (TPSA) is 76.6 Å². The Morgan fingerprint density at radius 2 is 1.59 bits per heavy atom. The first-order valence-corrected chi connectivity index (χ1v) is 7.96. The number of pyridine rings is 1. The molecular weight excluding hydrogens is 351 g/mol. The highest BCUT2D eigenvalue weighted by molar-refractivity contribution is 6.21. The molecule has 0 N–H and O–H groups in total. The van der Waals surface area contributed by atoms with Gasteiger partial charge < -0.3 is 4.84 Å². The first-order chi connectivity index (χ1) is 13.0. The summed E-state index contributed by atoms with van der Waals surface area (Å²) in [4.78, 5) is 45.9. The van der Waals surface area contributed by atoms with E-state index in [1.54, 1.807) is 18.2 Å². The second-order valence-corrected chi connectivity index (χ2v) is 5.80. The number of carbonyl (C=O) groups is 3. The van der Waals surface area contributed by atoms with E-state index in [4.69, 9.17) is 4.84 Å². The van der Waals surface area contributed by atoms with Crippen molar-refractivity contribution in [3.8, 4) is 11.1 Å². The number of amides is 2. The van der Waals surface area contributed by atoms with E-state index in [1.807, 2.05) is 0 Å². The van der Waals surface area contributed by atoms with Gasteiger partial charge in [-0.3, -0.25) is 14.6 Å². The Balaban J connectivity index is 1.59. The van der Waals surface area contributed by atoms with Crippen LogP contribution in [0.1, 0.15) is 31.1 Å². The van der Waals surface area contributed by atoms with Gasteiger partial charge in [-0.15, -0.1) is 0 Å². The molecule has 2 aromatic carbocycles. The van der Waals surface area contributed by atoms with E-state index in [1.165, 1.54) is 48.8 Å². The fourth-order valence-corrected chi connectivity index (χ4v) is 2.76. The molecule has 0 fully saturated rings. The van der Waals surface area contributed by atoms with Crippen LogP contribution in [0.5, 0.6) is 0 Å². The van der Waals surface area contributed by atoms with Crippen LogP contribution < -0.4 is 0 Å². The first-order valence-electron chi connectivity index (χ1n) is 7.96. The predicted octanol–water partition coefficient (Wildman–Crippen LogP) is 3.26. The highest BCUT2D eigenvalue weighted by Crippen LogP contribution is 2.24. The largest absolute Gasteiger partial charge is 0.365 e. The number of imide groups is 1. The van der Waals surface area contributed by atoms with Gasteiger partial charge in [-0.2, -0.15) is 0 Å². The van der Waals surface area contributed by atoms with Crippen molar-refractivity contribution in [2.75, 3.05) is 0 Å². The molecule has 0 atom stereocenters. The predicted molar refractivity (Wildman–Crippen MR) is 92.0 cm³/mol. The minimum absolute atomic E-state index is 0.0216. The summed E-state index contributed by atoms with van der Waals surface area (Å²) >= 11 is 0. The molecule has 0 aliphatic carbocycles. The van der Waals surface area contributed by atoms with Crippen LogP contribution in [-0.2, 0) is 4.84 Å². The van der Waals surface area contributed by atoms with Gasteiger partial charge in [0.05, 0.1) is 16.7 Å². The highest BCUT2D eigenvalue weighted by atomic mass is 19.1. The van der Waals surface area contributed by atoms with Gasteiger partial charge in [0, 0.05) is 18.0 Å². The number of carbonyl (C=O) groups excluding carboxylic acids is 3. The number of nitrogens with zero attached hydrogens (tertiary/aromatic N) is 2. The Morgan fingerprint density at radius 1 is 0.889 bits per heavy atom. The molecule has 4 rings (SSSR count). The third kappa shape index (κ3) is 2.95. The van der Waals surface area contributed by atoms with Gasteiger partial charge in [0.1, 0.15) is 5.82 Å². The maximum Gasteiger partial charge on any atom is 0.365 e. The number of rotatable bonds is 3. The average Bonchev–Trinajstić information content (AvgIpc) is 2.93. The zero-order valence-corrected chi connectivity index (χ0v) is 13.8. The van der Waals surface area contributed by atoms with Crippen molar-refractivity contribution in [2.45, 2.75) is 0 Å². The minimum atomic E-state index is -0.921. The van der Waals surface area contributed by atoms with Gasteiger partial charge in [-0.05, 0) is 35.9 Å². The van der Waals surface area contributed by atoms with E-state index in [0.29, 0.717) is 16.2 Å². The van der Waals surface area contributed by atoms with Crippen molar-refractivity contribution in [3.63, 3.8) is 0 Å². The fraction of sp³-hybridized carbons (Fsp3) is 0. The van der Waals surface area contributed by atoms with Gasteiger partial charge >= 0.3 is 5.97 Å². The van der Waals surface area contributed by atoms with E-state index in [9.17, 15) is 18.8 Å². The Morgan fingerprint density at radius 3 is 2.26 bits per heavy atom. The molecule has 2 amide bonds. The molecule has 0 unspecified atom stereocenters. The Bertz CT molecular complexity index is 1060. The SMILES string of the molecule is O=C(ON1C(=O)c2ccccc2C1=O)c1cncc(-c2cccc(F)c2)c1. The Labute approximate surface area is 152 Å². The second-order valence-electron chi connectivity index (χ2n) is 5.80. The zero-order valence-electron chi connectivity index (χ0n) is 13.8. The molecule has 1 aromatic heterocycles. The lowest BCUT2D eigenvalue weighted by Crippen LogP contribution is -2.32. The van der Waals surface area contributed by atoms with Crippen LogP contribution in [0.4, 0.5) is 4.39 Å². The molecule has 1 aliphatic rings. The van der Waals surface area contributed by atoms with Crippen molar-refractivity contribution in [1.82, 2.24) is 10.0 Å². The van der Waals surface area contributed by atoms with Crippen LogP contribution in [-0.4, -0.2) is 27.8 Å². The van der Waals surface area contributed by atoms with Crippen LogP contribution in [0.15, 0.2) is 67.0 Å². The highest BCUT2D eigenvalue weighted by Gasteiger charge is 2.38. The second kappa shape index (κ2) is 6.45. The van der Waals surface area contributed by atoms with E-state index >= 15 is 0 Å². The molecule has 0 radical (unpaired) electrons. The number of hydrogen-bond acceptors (Lipinski definition) is 5. The van der Waals surface area contributed by atoms with E-state index in [2.05, 4.69) is 4.98 Å². The summed E-state index contributed by atoms with van der Waals surface area (Å²) in [6.45, 7) is 0. The summed E-state index contributed by atoms with van der Waals surface area (Å²) in [7, 11) is 0. The fourth-order valence-electron chi connectivity index (χ4n) is 2.76. The molecule has 2 heterocycles. The molecule has 132 valence electrons. The van der Waals surface area contributed by atoms with Crippen LogP contribution in [0, 0.1) is 5.82 Å². The zero-order chi connectivity index (χ0) is 19.0. The summed E-state index contributed by atoms with van der Waals surface area (Å²) < 4.78 is 13.4. The normalized spacial score (nSPS) is 12.9. The van der Waals surface area contributed by atoms with Crippen LogP contribution in [0.25, 0.3) is 11.1 Å². The summed E-state index contributed by atoms with van der Waals surface area (Å²) in [5.41, 5.74) is 1.38. The van der Waals surface area contributed by atoms with Crippen LogP contribution in [0.2, 0.25) is 0 Å². The lowest BCUT2D eigenvalue weighted by Gasteiger charge is -2.13. The molecule has 0 spiro atoms. The third-order valence-corrected chi connectivity index (χ3v) is 4.06. The Hall–Kier alpha value is -3.87. The van der Waals surface area contributed by atoms with Gasteiger partial charge in [0.15, 0.2) is 0 Å². The standard InChI is InChI=1S/C20H11FN2O4/c21-15-5-3-4-12(9-15)13-8-14(11-22-10-13)20(26)27-23-18(24)16-6-1-2-7-17(16)19(23)25/h1-11H. The molecule has 1 aliphatic heterocycles. The van der Waals surface area contributed by atoms with Gasteiger partial charge in [-0.25, -0.2) is 9.18 Å². The molecule has 27 heavy (non-hydrogen) atoms. The summed E-state index contributed by atoms with van der Waals surface area (Å²) in [5.74, 6) is -2.77. The quantitative estimate of drug-likeness (QED) is 0.669. The average molecular weight is 362 g/mol. The van der Waals surface area contributed by atoms with Crippen molar-refractivity contribution in [1.29, 1.82) is 0 Å². The maximum absolute atomic E-state index is 13.4. The molecule has 0 bridgehead atoms. The molecule has 3 aromatic rings. The van der Waals surface area contributed by atoms with Crippen molar-refractivity contribution in [3.05, 3.63) is 89.5 Å². The van der Waals surface area contributed by atoms with Crippen LogP contribution >= 0.6 is 0 Å². The number of aromatic nitrogens is 1.